The lowest BCUT2D eigenvalue weighted by molar-refractivity contribution is 0.109. The molecule has 1 atom stereocenters. The number of aldehydes is 1. The monoisotopic (exact) mass is 240 g/mol. The minimum absolute atomic E-state index is 0.271. The highest BCUT2D eigenvalue weighted by Crippen LogP contribution is 2.18. The molecule has 0 radical (unpaired) electrons. The molecule has 0 aliphatic heterocycles. The Kier molecular flexibility index (Phi) is 3.13. The first-order valence-corrected chi connectivity index (χ1v) is 6.45. The van der Waals surface area contributed by atoms with E-state index in [0.29, 0.717) is 17.8 Å². The standard InChI is InChI=1S/C10H8O3S2/c11-6-8-3-4-9(13-8)7-15(12)10-2-1-5-14-10/h1-6H,7H2. The minimum atomic E-state index is -1.08. The molecular weight excluding hydrogens is 232 g/mol. The van der Waals surface area contributed by atoms with E-state index in [1.165, 1.54) is 11.3 Å². The summed E-state index contributed by atoms with van der Waals surface area (Å²) in [4.78, 5) is 10.4. The summed E-state index contributed by atoms with van der Waals surface area (Å²) in [6, 6.07) is 6.93. The van der Waals surface area contributed by atoms with Crippen molar-refractivity contribution in [1.82, 2.24) is 0 Å². The number of carbonyl (C=O) groups is 1. The van der Waals surface area contributed by atoms with Gasteiger partial charge in [-0.1, -0.05) is 6.07 Å². The van der Waals surface area contributed by atoms with Crippen LogP contribution in [0.5, 0.6) is 0 Å². The lowest BCUT2D eigenvalue weighted by Crippen LogP contribution is -1.92. The average Bonchev–Trinajstić information content (AvgIpc) is 2.87. The van der Waals surface area contributed by atoms with Crippen LogP contribution < -0.4 is 0 Å². The van der Waals surface area contributed by atoms with Crippen molar-refractivity contribution in [3.63, 3.8) is 0 Å². The fourth-order valence-corrected chi connectivity index (χ4v) is 3.14. The van der Waals surface area contributed by atoms with Gasteiger partial charge in [-0.25, -0.2) is 0 Å². The molecule has 2 rings (SSSR count). The summed E-state index contributed by atoms with van der Waals surface area (Å²) < 4.78 is 17.7. The van der Waals surface area contributed by atoms with Crippen molar-refractivity contribution in [3.05, 3.63) is 41.2 Å². The molecule has 0 amide bonds. The van der Waals surface area contributed by atoms with Gasteiger partial charge in [0.1, 0.15) is 5.76 Å². The van der Waals surface area contributed by atoms with Gasteiger partial charge in [0, 0.05) is 0 Å². The number of furan rings is 1. The van der Waals surface area contributed by atoms with Crippen molar-refractivity contribution in [2.24, 2.45) is 0 Å². The first-order chi connectivity index (χ1) is 7.29. The highest BCUT2D eigenvalue weighted by Gasteiger charge is 2.09. The molecule has 2 aromatic rings. The smallest absolute Gasteiger partial charge is 0.185 e. The molecule has 1 unspecified atom stereocenters. The van der Waals surface area contributed by atoms with Gasteiger partial charge in [0.2, 0.25) is 0 Å². The van der Waals surface area contributed by atoms with Gasteiger partial charge >= 0.3 is 0 Å². The zero-order valence-corrected chi connectivity index (χ0v) is 9.35. The first-order valence-electron chi connectivity index (χ1n) is 4.25. The summed E-state index contributed by atoms with van der Waals surface area (Å²) in [5.74, 6) is 1.16. The summed E-state index contributed by atoms with van der Waals surface area (Å²) in [7, 11) is -1.08. The Labute approximate surface area is 93.2 Å². The van der Waals surface area contributed by atoms with E-state index in [1.807, 2.05) is 17.5 Å². The number of carbonyl (C=O) groups excluding carboxylic acids is 1. The molecule has 0 saturated carbocycles. The Morgan fingerprint density at radius 3 is 2.87 bits per heavy atom. The number of hydrogen-bond donors (Lipinski definition) is 0. The van der Waals surface area contributed by atoms with Crippen LogP contribution in [0.1, 0.15) is 16.3 Å². The Hall–Kier alpha value is -1.20. The lowest BCUT2D eigenvalue weighted by atomic mass is 10.4. The molecule has 0 aliphatic rings. The van der Waals surface area contributed by atoms with E-state index in [2.05, 4.69) is 0 Å². The predicted octanol–water partition coefficient (Wildman–Crippen LogP) is 2.46. The molecule has 0 fully saturated rings. The van der Waals surface area contributed by atoms with E-state index < -0.39 is 10.8 Å². The third-order valence-electron chi connectivity index (χ3n) is 1.79. The van der Waals surface area contributed by atoms with Crippen molar-refractivity contribution in [1.29, 1.82) is 0 Å². The second-order valence-corrected chi connectivity index (χ2v) is 5.47. The van der Waals surface area contributed by atoms with E-state index in [-0.39, 0.29) is 5.76 Å². The number of hydrogen-bond acceptors (Lipinski definition) is 4. The number of thiophene rings is 1. The lowest BCUT2D eigenvalue weighted by Gasteiger charge is -1.94. The summed E-state index contributed by atoms with van der Waals surface area (Å²) >= 11 is 1.45. The molecule has 0 saturated heterocycles. The topological polar surface area (TPSA) is 47.3 Å². The van der Waals surface area contributed by atoms with Gasteiger partial charge in [0.05, 0.1) is 20.8 Å². The Bertz CT molecular complexity index is 471. The quantitative estimate of drug-likeness (QED) is 0.771. The summed E-state index contributed by atoms with van der Waals surface area (Å²) in [5, 5.41) is 1.88. The van der Waals surface area contributed by atoms with Crippen molar-refractivity contribution in [2.45, 2.75) is 9.96 Å². The van der Waals surface area contributed by atoms with Crippen molar-refractivity contribution in [2.75, 3.05) is 0 Å². The van der Waals surface area contributed by atoms with Gasteiger partial charge < -0.3 is 4.42 Å². The van der Waals surface area contributed by atoms with E-state index >= 15 is 0 Å². The SMILES string of the molecule is O=Cc1ccc(CS(=O)c2cccs2)o1. The first kappa shape index (κ1) is 10.3. The molecule has 0 aromatic carbocycles. The van der Waals surface area contributed by atoms with Crippen molar-refractivity contribution >= 4 is 28.4 Å². The molecule has 2 heterocycles. The average molecular weight is 240 g/mol. The van der Waals surface area contributed by atoms with Crippen LogP contribution in [0.3, 0.4) is 0 Å². The normalized spacial score (nSPS) is 12.5. The highest BCUT2D eigenvalue weighted by atomic mass is 32.2. The van der Waals surface area contributed by atoms with Gasteiger partial charge in [0.15, 0.2) is 12.0 Å². The highest BCUT2D eigenvalue weighted by molar-refractivity contribution is 7.86. The second-order valence-electron chi connectivity index (χ2n) is 2.84. The molecule has 0 N–H and O–H groups in total. The maximum absolute atomic E-state index is 11.7. The van der Waals surface area contributed by atoms with Crippen LogP contribution in [0.2, 0.25) is 0 Å². The molecular formula is C10H8O3S2. The second kappa shape index (κ2) is 4.55. The van der Waals surface area contributed by atoms with Crippen LogP contribution in [-0.2, 0) is 16.6 Å². The zero-order chi connectivity index (χ0) is 10.7. The van der Waals surface area contributed by atoms with Crippen molar-refractivity contribution < 1.29 is 13.4 Å². The molecule has 0 spiro atoms. The molecule has 2 aromatic heterocycles. The third kappa shape index (κ3) is 2.43. The fourth-order valence-electron chi connectivity index (χ4n) is 1.13. The molecule has 78 valence electrons. The van der Waals surface area contributed by atoms with Gasteiger partial charge in [-0.05, 0) is 23.6 Å². The summed E-state index contributed by atoms with van der Waals surface area (Å²) in [6.45, 7) is 0. The van der Waals surface area contributed by atoms with Crippen molar-refractivity contribution in [3.8, 4) is 0 Å². The van der Waals surface area contributed by atoms with Gasteiger partial charge in [-0.2, -0.15) is 0 Å². The Morgan fingerprint density at radius 1 is 1.40 bits per heavy atom. The maximum atomic E-state index is 11.7. The van der Waals surface area contributed by atoms with Gasteiger partial charge in [-0.3, -0.25) is 9.00 Å². The Balaban J connectivity index is 2.09. The van der Waals surface area contributed by atoms with Crippen LogP contribution in [0, 0.1) is 0 Å². The van der Waals surface area contributed by atoms with Gasteiger partial charge in [0.25, 0.3) is 0 Å². The Morgan fingerprint density at radius 2 is 2.27 bits per heavy atom. The summed E-state index contributed by atoms with van der Waals surface area (Å²) in [5.41, 5.74) is 0. The molecule has 0 aliphatic carbocycles. The minimum Gasteiger partial charge on any atom is -0.457 e. The number of rotatable bonds is 4. The van der Waals surface area contributed by atoms with Gasteiger partial charge in [-0.15, -0.1) is 11.3 Å². The van der Waals surface area contributed by atoms with Crippen LogP contribution in [0.25, 0.3) is 0 Å². The molecule has 0 bridgehead atoms. The predicted molar refractivity (Wildman–Crippen MR) is 58.5 cm³/mol. The van der Waals surface area contributed by atoms with Crippen LogP contribution in [-0.4, -0.2) is 10.5 Å². The zero-order valence-electron chi connectivity index (χ0n) is 7.71. The van der Waals surface area contributed by atoms with E-state index in [9.17, 15) is 9.00 Å². The molecule has 3 nitrogen and oxygen atoms in total. The van der Waals surface area contributed by atoms with E-state index in [0.717, 1.165) is 4.21 Å². The van der Waals surface area contributed by atoms with Crippen LogP contribution >= 0.6 is 11.3 Å². The van der Waals surface area contributed by atoms with Crippen LogP contribution in [0.4, 0.5) is 0 Å². The van der Waals surface area contributed by atoms with Crippen LogP contribution in [0.15, 0.2) is 38.3 Å². The third-order valence-corrected chi connectivity index (χ3v) is 4.43. The van der Waals surface area contributed by atoms with E-state index in [1.54, 1.807) is 12.1 Å². The largest absolute Gasteiger partial charge is 0.457 e. The molecule has 5 heteroatoms. The summed E-state index contributed by atoms with van der Waals surface area (Å²) in [6.07, 6.45) is 0.636. The molecule has 15 heavy (non-hydrogen) atoms. The van der Waals surface area contributed by atoms with E-state index in [4.69, 9.17) is 4.42 Å². The fraction of sp³-hybridized carbons (Fsp3) is 0.100. The maximum Gasteiger partial charge on any atom is 0.185 e.